The zero-order valence-electron chi connectivity index (χ0n) is 29.4. The Morgan fingerprint density at radius 2 is 1.09 bits per heavy atom. The number of aromatic carboxylic acids is 1. The SMILES string of the molecule is COC(=O)c1nc(NC(=O)c2ccncc2C)sc1-c1cccc(C(F)(F)F)c1.Cc1cnccc1C(=O)Nc1nc(C(=O)O)c(-c2cccc(C(F)(F)F)c2)s1. The van der Waals surface area contributed by atoms with Crippen LogP contribution in [0.2, 0.25) is 0 Å². The number of esters is 1. The Morgan fingerprint density at radius 3 is 1.47 bits per heavy atom. The first kappa shape index (κ1) is 41.6. The molecule has 0 saturated heterocycles. The molecule has 0 radical (unpaired) electrons. The third-order valence-electron chi connectivity index (χ3n) is 7.71. The van der Waals surface area contributed by atoms with E-state index >= 15 is 0 Å². The van der Waals surface area contributed by atoms with Crippen LogP contribution in [-0.2, 0) is 17.1 Å². The van der Waals surface area contributed by atoms with E-state index in [0.717, 1.165) is 54.0 Å². The molecule has 6 rings (SSSR count). The molecule has 0 saturated carbocycles. The molecule has 0 aliphatic carbocycles. The number of amides is 2. The smallest absolute Gasteiger partial charge is 0.416 e. The van der Waals surface area contributed by atoms with E-state index in [1.54, 1.807) is 13.8 Å². The minimum absolute atomic E-state index is 0.0142. The second-order valence-corrected chi connectivity index (χ2v) is 13.6. The van der Waals surface area contributed by atoms with E-state index in [1.807, 2.05) is 0 Å². The molecule has 4 heterocycles. The summed E-state index contributed by atoms with van der Waals surface area (Å²) in [6.45, 7) is 3.39. The maximum atomic E-state index is 13.0. The summed E-state index contributed by atoms with van der Waals surface area (Å²) in [5.41, 5.74) is -0.294. The van der Waals surface area contributed by atoms with E-state index in [-0.39, 0.29) is 36.8 Å². The lowest BCUT2D eigenvalue weighted by Gasteiger charge is -2.08. The van der Waals surface area contributed by atoms with Gasteiger partial charge in [0.25, 0.3) is 11.8 Å². The van der Waals surface area contributed by atoms with Crippen LogP contribution < -0.4 is 10.6 Å². The lowest BCUT2D eigenvalue weighted by atomic mass is 10.1. The third kappa shape index (κ3) is 10.0. The van der Waals surface area contributed by atoms with Crippen molar-refractivity contribution in [2.24, 2.45) is 0 Å². The van der Waals surface area contributed by atoms with Crippen LogP contribution in [0.3, 0.4) is 0 Å². The van der Waals surface area contributed by atoms with E-state index in [9.17, 15) is 50.6 Å². The summed E-state index contributed by atoms with van der Waals surface area (Å²) < 4.78 is 82.7. The number of aromatic nitrogens is 4. The van der Waals surface area contributed by atoms with Gasteiger partial charge in [-0.1, -0.05) is 46.9 Å². The van der Waals surface area contributed by atoms with Crippen LogP contribution in [0.4, 0.5) is 36.6 Å². The van der Waals surface area contributed by atoms with Crippen molar-refractivity contribution in [3.63, 3.8) is 0 Å². The van der Waals surface area contributed by atoms with Crippen LogP contribution in [0.5, 0.6) is 0 Å². The maximum Gasteiger partial charge on any atom is 0.416 e. The molecule has 2 amide bonds. The number of aryl methyl sites for hydroxylation is 2. The standard InChI is InChI=1S/C19H14F3N3O3S.C18H12F3N3O3S/c1-10-9-23-7-6-13(10)16(26)25-18-24-14(17(27)28-2)15(29-18)11-4-3-5-12(8-11)19(20,21)22;1-9-8-22-6-5-12(9)15(25)24-17-23-13(16(26)27)14(28-17)10-3-2-4-11(7-10)18(19,20)21/h3-9H,1-2H3,(H,24,25,26);2-8H,1H3,(H,26,27)(H,23,24,25). The number of benzene rings is 2. The van der Waals surface area contributed by atoms with Gasteiger partial charge in [0.2, 0.25) is 0 Å². The number of nitrogens with zero attached hydrogens (tertiary/aromatic N) is 4. The van der Waals surface area contributed by atoms with E-state index < -0.39 is 52.9 Å². The van der Waals surface area contributed by atoms with Gasteiger partial charge in [0, 0.05) is 35.9 Å². The lowest BCUT2D eigenvalue weighted by molar-refractivity contribution is -0.138. The van der Waals surface area contributed by atoms with Crippen molar-refractivity contribution < 1.29 is 55.4 Å². The van der Waals surface area contributed by atoms with Gasteiger partial charge in [-0.25, -0.2) is 19.6 Å². The highest BCUT2D eigenvalue weighted by Gasteiger charge is 2.33. The molecule has 2 aromatic carbocycles. The first-order valence-electron chi connectivity index (χ1n) is 16.0. The van der Waals surface area contributed by atoms with Gasteiger partial charge in [-0.2, -0.15) is 26.3 Å². The maximum absolute atomic E-state index is 13.0. The number of hydrogen-bond acceptors (Lipinski definition) is 11. The molecule has 6 aromatic rings. The fourth-order valence-electron chi connectivity index (χ4n) is 4.98. The first-order valence-corrected chi connectivity index (χ1v) is 17.6. The molecular weight excluding hydrogens is 803 g/mol. The minimum atomic E-state index is -4.57. The molecule has 12 nitrogen and oxygen atoms in total. The summed E-state index contributed by atoms with van der Waals surface area (Å²) in [7, 11) is 1.14. The Balaban J connectivity index is 0.000000218. The molecule has 57 heavy (non-hydrogen) atoms. The van der Waals surface area contributed by atoms with Crippen LogP contribution >= 0.6 is 22.7 Å². The molecule has 294 valence electrons. The quantitative estimate of drug-likeness (QED) is 0.0992. The van der Waals surface area contributed by atoms with Crippen LogP contribution in [0.25, 0.3) is 20.9 Å². The van der Waals surface area contributed by atoms with Gasteiger partial charge < -0.3 is 9.84 Å². The Hall–Kier alpha value is -6.54. The monoisotopic (exact) mass is 828 g/mol. The van der Waals surface area contributed by atoms with Gasteiger partial charge in [0.05, 0.1) is 28.0 Å². The summed E-state index contributed by atoms with van der Waals surface area (Å²) in [6.07, 6.45) is -3.21. The highest BCUT2D eigenvalue weighted by atomic mass is 32.1. The predicted octanol–water partition coefficient (Wildman–Crippen LogP) is 9.05. The average Bonchev–Trinajstić information content (AvgIpc) is 3.79. The number of anilines is 2. The molecule has 20 heteroatoms. The van der Waals surface area contributed by atoms with Crippen molar-refractivity contribution >= 4 is 56.7 Å². The number of halogens is 6. The van der Waals surface area contributed by atoms with Gasteiger partial charge in [0.15, 0.2) is 21.7 Å². The average molecular weight is 829 g/mol. The van der Waals surface area contributed by atoms with E-state index in [2.05, 4.69) is 35.3 Å². The van der Waals surface area contributed by atoms with Gasteiger partial charge in [-0.05, 0) is 72.5 Å². The molecule has 0 spiro atoms. The number of nitrogens with one attached hydrogen (secondary N) is 2. The number of carbonyl (C=O) groups excluding carboxylic acids is 3. The zero-order chi connectivity index (χ0) is 41.7. The van der Waals surface area contributed by atoms with Crippen molar-refractivity contribution in [1.29, 1.82) is 0 Å². The summed E-state index contributed by atoms with van der Waals surface area (Å²) in [4.78, 5) is 64.3. The van der Waals surface area contributed by atoms with Gasteiger partial charge in [0.1, 0.15) is 0 Å². The Bertz CT molecular complexity index is 2480. The Morgan fingerprint density at radius 1 is 0.667 bits per heavy atom. The van der Waals surface area contributed by atoms with Crippen LogP contribution in [0.15, 0.2) is 85.5 Å². The van der Waals surface area contributed by atoms with Gasteiger partial charge in [-0.3, -0.25) is 30.2 Å². The number of carboxylic acids is 1. The number of methoxy groups -OCH3 is 1. The molecule has 3 N–H and O–H groups in total. The van der Waals surface area contributed by atoms with Crippen molar-refractivity contribution in [1.82, 2.24) is 19.9 Å². The molecule has 0 aliphatic rings. The number of rotatable bonds is 8. The van der Waals surface area contributed by atoms with Crippen molar-refractivity contribution in [2.45, 2.75) is 26.2 Å². The minimum Gasteiger partial charge on any atom is -0.476 e. The number of carboxylic acid groups (broad SMARTS) is 1. The van der Waals surface area contributed by atoms with Crippen molar-refractivity contribution in [2.75, 3.05) is 17.7 Å². The highest BCUT2D eigenvalue weighted by Crippen LogP contribution is 2.39. The summed E-state index contributed by atoms with van der Waals surface area (Å²) in [5, 5.41) is 14.4. The highest BCUT2D eigenvalue weighted by molar-refractivity contribution is 7.19. The van der Waals surface area contributed by atoms with E-state index in [1.165, 1.54) is 61.2 Å². The Labute approximate surface area is 326 Å². The van der Waals surface area contributed by atoms with E-state index in [0.29, 0.717) is 22.3 Å². The second-order valence-electron chi connectivity index (χ2n) is 11.6. The Kier molecular flexibility index (Phi) is 12.5. The fourth-order valence-corrected chi connectivity index (χ4v) is 6.87. The lowest BCUT2D eigenvalue weighted by Crippen LogP contribution is -2.13. The number of hydrogen-bond donors (Lipinski definition) is 3. The van der Waals surface area contributed by atoms with Gasteiger partial charge >= 0.3 is 24.3 Å². The van der Waals surface area contributed by atoms with Crippen molar-refractivity contribution in [3.05, 3.63) is 130 Å². The second kappa shape index (κ2) is 17.1. The fraction of sp³-hybridized carbons (Fsp3) is 0.135. The molecule has 0 bridgehead atoms. The largest absolute Gasteiger partial charge is 0.476 e. The molecular formula is C37H26F6N6O6S2. The van der Waals surface area contributed by atoms with E-state index in [4.69, 9.17) is 0 Å². The van der Waals surface area contributed by atoms with Crippen LogP contribution in [-0.4, -0.2) is 55.9 Å². The molecule has 0 fully saturated rings. The van der Waals surface area contributed by atoms with Crippen LogP contribution in [0.1, 0.15) is 63.9 Å². The third-order valence-corrected chi connectivity index (χ3v) is 9.75. The predicted molar refractivity (Wildman–Crippen MR) is 197 cm³/mol. The number of pyridine rings is 2. The molecule has 0 unspecified atom stereocenters. The summed E-state index contributed by atoms with van der Waals surface area (Å²) in [6, 6.07) is 11.8. The zero-order valence-corrected chi connectivity index (χ0v) is 31.1. The molecule has 4 aromatic heterocycles. The summed E-state index contributed by atoms with van der Waals surface area (Å²) >= 11 is 1.66. The first-order chi connectivity index (χ1) is 26.9. The number of thiazole rings is 2. The normalized spacial score (nSPS) is 11.2. The van der Waals surface area contributed by atoms with Crippen LogP contribution in [0, 0.1) is 13.8 Å². The molecule has 0 aliphatic heterocycles. The topological polar surface area (TPSA) is 173 Å². The summed E-state index contributed by atoms with van der Waals surface area (Å²) in [5.74, 6) is -3.25. The van der Waals surface area contributed by atoms with Gasteiger partial charge in [-0.15, -0.1) is 0 Å². The number of alkyl halides is 6. The molecule has 0 atom stereocenters. The number of ether oxygens (including phenoxy) is 1. The van der Waals surface area contributed by atoms with Crippen molar-refractivity contribution in [3.8, 4) is 20.9 Å². The number of carbonyl (C=O) groups is 4.